The highest BCUT2D eigenvalue weighted by Gasteiger charge is 2.20. The number of hydrogen-bond donors (Lipinski definition) is 2. The summed E-state index contributed by atoms with van der Waals surface area (Å²) in [7, 11) is 1.60. The Hall–Kier alpha value is -2.77. The topological polar surface area (TPSA) is 93.0 Å². The molecule has 0 fully saturated rings. The molecule has 1 aromatic carbocycles. The van der Waals surface area contributed by atoms with Crippen molar-refractivity contribution in [2.45, 2.75) is 13.0 Å². The molecule has 0 spiro atoms. The van der Waals surface area contributed by atoms with Crippen molar-refractivity contribution >= 4 is 17.5 Å². The van der Waals surface area contributed by atoms with Gasteiger partial charge in [0.2, 0.25) is 11.8 Å². The van der Waals surface area contributed by atoms with Gasteiger partial charge in [0.15, 0.2) is 0 Å². The average molecular weight is 291 g/mol. The predicted molar refractivity (Wildman–Crippen MR) is 76.7 cm³/mol. The first kappa shape index (κ1) is 14.6. The minimum absolute atomic E-state index is 0.0371. The summed E-state index contributed by atoms with van der Waals surface area (Å²) in [5.74, 6) is -0.109. The van der Waals surface area contributed by atoms with Crippen LogP contribution in [0.25, 0.3) is 0 Å². The zero-order valence-electron chi connectivity index (χ0n) is 11.5. The van der Waals surface area contributed by atoms with Crippen molar-refractivity contribution in [3.63, 3.8) is 0 Å². The number of benzene rings is 1. The molecule has 1 heterocycles. The number of rotatable bonds is 5. The molecule has 1 aromatic heterocycles. The second-order valence-electron chi connectivity index (χ2n) is 4.32. The van der Waals surface area contributed by atoms with E-state index < -0.39 is 11.0 Å². The summed E-state index contributed by atoms with van der Waals surface area (Å²) in [6, 6.07) is 5.74. The summed E-state index contributed by atoms with van der Waals surface area (Å²) in [5, 5.41) is 16.5. The Labute approximate surface area is 120 Å². The maximum absolute atomic E-state index is 13.7. The molecule has 7 nitrogen and oxygen atoms in total. The van der Waals surface area contributed by atoms with E-state index in [2.05, 4.69) is 20.6 Å². The van der Waals surface area contributed by atoms with Crippen molar-refractivity contribution in [1.29, 1.82) is 0 Å². The average Bonchev–Trinajstić information content (AvgIpc) is 2.47. The van der Waals surface area contributed by atoms with Crippen molar-refractivity contribution in [1.82, 2.24) is 9.97 Å². The van der Waals surface area contributed by atoms with Crippen molar-refractivity contribution in [3.8, 4) is 0 Å². The third kappa shape index (κ3) is 3.22. The second kappa shape index (κ2) is 6.12. The van der Waals surface area contributed by atoms with Crippen molar-refractivity contribution in [3.05, 3.63) is 52.0 Å². The van der Waals surface area contributed by atoms with Gasteiger partial charge in [-0.15, -0.1) is 0 Å². The number of anilines is 2. The maximum atomic E-state index is 13.7. The van der Waals surface area contributed by atoms with Gasteiger partial charge < -0.3 is 10.6 Å². The first-order chi connectivity index (χ1) is 10.0. The van der Waals surface area contributed by atoms with Crippen LogP contribution in [0, 0.1) is 15.9 Å². The van der Waals surface area contributed by atoms with E-state index >= 15 is 0 Å². The third-order valence-corrected chi connectivity index (χ3v) is 2.91. The van der Waals surface area contributed by atoms with Gasteiger partial charge in [0.05, 0.1) is 11.0 Å². The van der Waals surface area contributed by atoms with E-state index in [0.29, 0.717) is 5.56 Å². The fourth-order valence-electron chi connectivity index (χ4n) is 1.84. The number of hydrogen-bond acceptors (Lipinski definition) is 6. The summed E-state index contributed by atoms with van der Waals surface area (Å²) >= 11 is 0. The van der Waals surface area contributed by atoms with Gasteiger partial charge in [-0.3, -0.25) is 10.1 Å². The van der Waals surface area contributed by atoms with E-state index in [1.54, 1.807) is 32.2 Å². The van der Waals surface area contributed by atoms with Crippen LogP contribution in [0.3, 0.4) is 0 Å². The molecule has 21 heavy (non-hydrogen) atoms. The van der Waals surface area contributed by atoms with Crippen molar-refractivity contribution in [2.75, 3.05) is 17.7 Å². The molecule has 0 aliphatic carbocycles. The zero-order chi connectivity index (χ0) is 15.4. The molecule has 0 saturated carbocycles. The Bertz CT molecular complexity index is 665. The standard InChI is InChI=1S/C13H14FN5O2/c1-8(9-5-3-4-6-10(9)14)17-12-11(19(20)21)7-16-13(15-2)18-12/h3-8H,1-2H3,(H2,15,16,17,18). The van der Waals surface area contributed by atoms with E-state index in [9.17, 15) is 14.5 Å². The van der Waals surface area contributed by atoms with Crippen LogP contribution in [0.2, 0.25) is 0 Å². The largest absolute Gasteiger partial charge is 0.358 e. The lowest BCUT2D eigenvalue weighted by Crippen LogP contribution is -2.12. The lowest BCUT2D eigenvalue weighted by Gasteiger charge is -2.15. The van der Waals surface area contributed by atoms with E-state index in [0.717, 1.165) is 6.20 Å². The van der Waals surface area contributed by atoms with Gasteiger partial charge in [0, 0.05) is 12.6 Å². The molecule has 0 amide bonds. The van der Waals surface area contributed by atoms with Gasteiger partial charge >= 0.3 is 5.69 Å². The summed E-state index contributed by atoms with van der Waals surface area (Å²) in [6.07, 6.45) is 1.11. The van der Waals surface area contributed by atoms with E-state index in [-0.39, 0.29) is 23.3 Å². The van der Waals surface area contributed by atoms with Crippen LogP contribution in [0.15, 0.2) is 30.5 Å². The number of nitrogens with one attached hydrogen (secondary N) is 2. The monoisotopic (exact) mass is 291 g/mol. The van der Waals surface area contributed by atoms with Crippen molar-refractivity contribution < 1.29 is 9.31 Å². The summed E-state index contributed by atoms with van der Waals surface area (Å²) in [6.45, 7) is 1.70. The molecule has 8 heteroatoms. The van der Waals surface area contributed by atoms with Crippen LogP contribution >= 0.6 is 0 Å². The van der Waals surface area contributed by atoms with Crippen LogP contribution < -0.4 is 10.6 Å². The molecule has 2 N–H and O–H groups in total. The molecule has 0 aliphatic heterocycles. The van der Waals surface area contributed by atoms with Crippen LogP contribution in [0.5, 0.6) is 0 Å². The number of nitrogens with zero attached hydrogens (tertiary/aromatic N) is 3. The van der Waals surface area contributed by atoms with Crippen LogP contribution in [-0.4, -0.2) is 21.9 Å². The van der Waals surface area contributed by atoms with Gasteiger partial charge in [-0.2, -0.15) is 4.98 Å². The first-order valence-electron chi connectivity index (χ1n) is 6.23. The van der Waals surface area contributed by atoms with Gasteiger partial charge in [0.1, 0.15) is 12.0 Å². The van der Waals surface area contributed by atoms with Crippen molar-refractivity contribution in [2.24, 2.45) is 0 Å². The minimum Gasteiger partial charge on any atom is -0.358 e. The lowest BCUT2D eigenvalue weighted by molar-refractivity contribution is -0.384. The normalized spacial score (nSPS) is 11.8. The number of nitro groups is 1. The number of halogens is 1. The molecule has 1 unspecified atom stereocenters. The van der Waals surface area contributed by atoms with E-state index in [1.807, 2.05) is 0 Å². The molecule has 110 valence electrons. The zero-order valence-corrected chi connectivity index (χ0v) is 11.5. The van der Waals surface area contributed by atoms with E-state index in [4.69, 9.17) is 0 Å². The predicted octanol–water partition coefficient (Wildman–Crippen LogP) is 2.74. The molecule has 1 atom stereocenters. The smallest absolute Gasteiger partial charge is 0.329 e. The Morgan fingerprint density at radius 3 is 2.71 bits per heavy atom. The highest BCUT2D eigenvalue weighted by Crippen LogP contribution is 2.27. The van der Waals surface area contributed by atoms with Crippen LogP contribution in [-0.2, 0) is 0 Å². The summed E-state index contributed by atoms with van der Waals surface area (Å²) in [5.41, 5.74) is 0.133. The highest BCUT2D eigenvalue weighted by molar-refractivity contribution is 5.57. The van der Waals surface area contributed by atoms with Gasteiger partial charge in [-0.25, -0.2) is 9.37 Å². The molecule has 0 aliphatic rings. The maximum Gasteiger partial charge on any atom is 0.329 e. The molecular weight excluding hydrogens is 277 g/mol. The first-order valence-corrected chi connectivity index (χ1v) is 6.23. The van der Waals surface area contributed by atoms with Gasteiger partial charge in [0.25, 0.3) is 0 Å². The highest BCUT2D eigenvalue weighted by atomic mass is 19.1. The second-order valence-corrected chi connectivity index (χ2v) is 4.32. The Kier molecular flexibility index (Phi) is 4.27. The Morgan fingerprint density at radius 1 is 1.38 bits per heavy atom. The quantitative estimate of drug-likeness (QED) is 0.650. The molecule has 0 radical (unpaired) electrons. The van der Waals surface area contributed by atoms with Crippen LogP contribution in [0.1, 0.15) is 18.5 Å². The summed E-state index contributed by atoms with van der Waals surface area (Å²) < 4.78 is 13.7. The van der Waals surface area contributed by atoms with Gasteiger partial charge in [-0.1, -0.05) is 18.2 Å². The fourth-order valence-corrected chi connectivity index (χ4v) is 1.84. The lowest BCUT2D eigenvalue weighted by atomic mass is 10.1. The Balaban J connectivity index is 2.34. The SMILES string of the molecule is CNc1ncc([N+](=O)[O-])c(NC(C)c2ccccc2F)n1. The fraction of sp³-hybridized carbons (Fsp3) is 0.231. The summed E-state index contributed by atoms with van der Waals surface area (Å²) in [4.78, 5) is 18.2. The minimum atomic E-state index is -0.587. The number of aromatic nitrogens is 2. The Morgan fingerprint density at radius 2 is 2.10 bits per heavy atom. The molecule has 2 aromatic rings. The molecule has 0 bridgehead atoms. The molecule has 0 saturated heterocycles. The van der Waals surface area contributed by atoms with Crippen LogP contribution in [0.4, 0.5) is 21.8 Å². The molecule has 2 rings (SSSR count). The van der Waals surface area contributed by atoms with E-state index in [1.165, 1.54) is 6.07 Å². The third-order valence-electron chi connectivity index (χ3n) is 2.91. The van der Waals surface area contributed by atoms with Gasteiger partial charge in [-0.05, 0) is 13.0 Å². The molecular formula is C13H14FN5O2.